The molecule has 0 unspecified atom stereocenters. The smallest absolute Gasteiger partial charge is 0.341 e. The number of urea groups is 2. The van der Waals surface area contributed by atoms with Gasteiger partial charge in [-0.05, 0) is 60.2 Å². The van der Waals surface area contributed by atoms with E-state index in [1.807, 2.05) is 0 Å². The number of anilines is 4. The SMILES string of the molecule is O=C(Nc1ccccc1)Nc1cccc(OS(=O)(=O)c2cccc(-c3ccccc3)c2S(=O)(=O)Oc2cccc(NC(=O)Nc3ccccc3)c2)c1. The third-order valence-corrected chi connectivity index (χ3v) is 10.0. The summed E-state index contributed by atoms with van der Waals surface area (Å²) < 4.78 is 67.0. The molecule has 6 aromatic rings. The Kier molecular flexibility index (Phi) is 10.5. The molecule has 0 aromatic heterocycles. The maximum Gasteiger partial charge on any atom is 0.341 e. The molecule has 4 amide bonds. The van der Waals surface area contributed by atoms with Crippen LogP contribution in [0.15, 0.2) is 168 Å². The van der Waals surface area contributed by atoms with Crippen LogP contribution in [-0.4, -0.2) is 28.9 Å². The van der Waals surface area contributed by atoms with Gasteiger partial charge in [-0.25, -0.2) is 9.59 Å². The molecule has 0 fully saturated rings. The first-order valence-electron chi connectivity index (χ1n) is 15.6. The van der Waals surface area contributed by atoms with Crippen LogP contribution in [0.4, 0.5) is 32.3 Å². The fourth-order valence-electron chi connectivity index (χ4n) is 5.04. The van der Waals surface area contributed by atoms with Gasteiger partial charge < -0.3 is 29.6 Å². The van der Waals surface area contributed by atoms with Gasteiger partial charge in [0.1, 0.15) is 21.3 Å². The molecule has 262 valence electrons. The summed E-state index contributed by atoms with van der Waals surface area (Å²) >= 11 is 0. The fourth-order valence-corrected chi connectivity index (χ4v) is 7.89. The maximum absolute atomic E-state index is 14.1. The number of para-hydroxylation sites is 2. The van der Waals surface area contributed by atoms with Crippen molar-refractivity contribution >= 4 is 55.0 Å². The molecule has 6 aromatic carbocycles. The Hall–Kier alpha value is -6.64. The number of nitrogens with one attached hydrogen (secondary N) is 4. The molecule has 0 bridgehead atoms. The van der Waals surface area contributed by atoms with Crippen molar-refractivity contribution in [3.8, 4) is 22.6 Å². The summed E-state index contributed by atoms with van der Waals surface area (Å²) in [4.78, 5) is 23.8. The van der Waals surface area contributed by atoms with Crippen molar-refractivity contribution in [1.29, 1.82) is 0 Å². The number of hydrogen-bond acceptors (Lipinski definition) is 8. The zero-order valence-corrected chi connectivity index (χ0v) is 28.7. The summed E-state index contributed by atoms with van der Waals surface area (Å²) in [6.45, 7) is 0. The minimum absolute atomic E-state index is 0.0368. The predicted molar refractivity (Wildman–Crippen MR) is 199 cm³/mol. The predicted octanol–water partition coefficient (Wildman–Crippen LogP) is 8.18. The Morgan fingerprint density at radius 2 is 0.827 bits per heavy atom. The second-order valence-electron chi connectivity index (χ2n) is 11.0. The topological polar surface area (TPSA) is 169 Å². The highest BCUT2D eigenvalue weighted by atomic mass is 32.2. The molecule has 12 nitrogen and oxygen atoms in total. The van der Waals surface area contributed by atoms with Crippen molar-refractivity contribution in [3.63, 3.8) is 0 Å². The van der Waals surface area contributed by atoms with Crippen LogP contribution in [-0.2, 0) is 20.2 Å². The first-order valence-corrected chi connectivity index (χ1v) is 18.4. The quantitative estimate of drug-likeness (QED) is 0.0967. The third-order valence-electron chi connectivity index (χ3n) is 7.24. The van der Waals surface area contributed by atoms with Crippen LogP contribution in [0.1, 0.15) is 0 Å². The van der Waals surface area contributed by atoms with E-state index in [9.17, 15) is 26.4 Å². The second kappa shape index (κ2) is 15.5. The van der Waals surface area contributed by atoms with Gasteiger partial charge >= 0.3 is 32.3 Å². The van der Waals surface area contributed by atoms with E-state index < -0.39 is 42.1 Å². The van der Waals surface area contributed by atoms with Gasteiger partial charge in [0.15, 0.2) is 0 Å². The van der Waals surface area contributed by atoms with E-state index in [4.69, 9.17) is 8.37 Å². The Labute approximate surface area is 300 Å². The van der Waals surface area contributed by atoms with Gasteiger partial charge in [-0.2, -0.15) is 16.8 Å². The molecule has 0 aliphatic heterocycles. The molecular formula is C38H30N4O8S2. The molecule has 4 N–H and O–H groups in total. The van der Waals surface area contributed by atoms with Crippen LogP contribution in [0.3, 0.4) is 0 Å². The summed E-state index contributed by atoms with van der Waals surface area (Å²) in [7, 11) is -9.75. The minimum atomic E-state index is -4.90. The lowest BCUT2D eigenvalue weighted by atomic mass is 10.1. The summed E-state index contributed by atoms with van der Waals surface area (Å²) in [5.74, 6) is -0.392. The molecular weight excluding hydrogens is 705 g/mol. The number of hydrogen-bond donors (Lipinski definition) is 4. The summed E-state index contributed by atoms with van der Waals surface area (Å²) in [6.07, 6.45) is 0. The molecule has 6 rings (SSSR count). The van der Waals surface area contributed by atoms with Crippen molar-refractivity contribution in [2.75, 3.05) is 21.3 Å². The molecule has 0 atom stereocenters. The number of carbonyl (C=O) groups is 2. The highest BCUT2D eigenvalue weighted by molar-refractivity contribution is 7.90. The summed E-state index contributed by atoms with van der Waals surface area (Å²) in [6, 6.07) is 39.7. The molecule has 0 radical (unpaired) electrons. The van der Waals surface area contributed by atoms with Crippen molar-refractivity contribution in [3.05, 3.63) is 158 Å². The monoisotopic (exact) mass is 734 g/mol. The van der Waals surface area contributed by atoms with Crippen molar-refractivity contribution in [1.82, 2.24) is 0 Å². The second-order valence-corrected chi connectivity index (χ2v) is 14.0. The summed E-state index contributed by atoms with van der Waals surface area (Å²) in [5, 5.41) is 10.5. The normalized spacial score (nSPS) is 11.2. The van der Waals surface area contributed by atoms with Crippen molar-refractivity contribution in [2.24, 2.45) is 0 Å². The van der Waals surface area contributed by atoms with Gasteiger partial charge in [0.2, 0.25) is 0 Å². The van der Waals surface area contributed by atoms with Gasteiger partial charge in [-0.15, -0.1) is 0 Å². The Morgan fingerprint density at radius 3 is 1.33 bits per heavy atom. The van der Waals surface area contributed by atoms with E-state index in [2.05, 4.69) is 21.3 Å². The molecule has 52 heavy (non-hydrogen) atoms. The zero-order chi connectivity index (χ0) is 36.6. The van der Waals surface area contributed by atoms with Crippen LogP contribution in [0, 0.1) is 0 Å². The first-order chi connectivity index (χ1) is 25.1. The molecule has 0 saturated heterocycles. The lowest BCUT2D eigenvalue weighted by Gasteiger charge is -2.17. The molecule has 0 spiro atoms. The van der Waals surface area contributed by atoms with E-state index in [1.165, 1.54) is 60.7 Å². The lowest BCUT2D eigenvalue weighted by Crippen LogP contribution is -2.20. The van der Waals surface area contributed by atoms with E-state index in [0.717, 1.165) is 6.07 Å². The third kappa shape index (κ3) is 8.93. The maximum atomic E-state index is 14.1. The largest absolute Gasteiger partial charge is 0.379 e. The number of carbonyl (C=O) groups excluding carboxylic acids is 2. The Morgan fingerprint density at radius 1 is 0.423 bits per heavy atom. The molecule has 14 heteroatoms. The Bertz CT molecular complexity index is 2430. The van der Waals surface area contributed by atoms with Crippen LogP contribution in [0.25, 0.3) is 11.1 Å². The van der Waals surface area contributed by atoms with Gasteiger partial charge in [-0.3, -0.25) is 0 Å². The van der Waals surface area contributed by atoms with Crippen LogP contribution in [0.2, 0.25) is 0 Å². The minimum Gasteiger partial charge on any atom is -0.379 e. The standard InChI is InChI=1S/C38H30N4O8S2/c43-37(39-28-15-6-2-7-16-28)41-30-19-10-21-32(25-30)49-51(45,46)35-24-12-23-34(27-13-4-1-5-14-27)36(35)52(47,48)50-33-22-11-20-31(26-33)42-38(44)40-29-17-8-3-9-18-29/h1-26H,(H2,39,41,43)(H2,40,42,44). The molecule has 0 heterocycles. The number of amides is 4. The van der Waals surface area contributed by atoms with Crippen molar-refractivity contribution < 1.29 is 34.8 Å². The first kappa shape index (κ1) is 35.2. The van der Waals surface area contributed by atoms with Crippen LogP contribution < -0.4 is 29.6 Å². The van der Waals surface area contributed by atoms with Gasteiger partial charge in [0, 0.05) is 40.4 Å². The molecule has 0 aliphatic carbocycles. The highest BCUT2D eigenvalue weighted by Crippen LogP contribution is 2.36. The van der Waals surface area contributed by atoms with E-state index in [1.54, 1.807) is 91.0 Å². The average molecular weight is 735 g/mol. The molecule has 0 saturated carbocycles. The van der Waals surface area contributed by atoms with E-state index >= 15 is 0 Å². The molecule has 0 aliphatic rings. The van der Waals surface area contributed by atoms with Crippen LogP contribution in [0.5, 0.6) is 11.5 Å². The van der Waals surface area contributed by atoms with Gasteiger partial charge in [0.25, 0.3) is 0 Å². The van der Waals surface area contributed by atoms with E-state index in [-0.39, 0.29) is 28.4 Å². The van der Waals surface area contributed by atoms with Gasteiger partial charge in [-0.1, -0.05) is 91.0 Å². The highest BCUT2D eigenvalue weighted by Gasteiger charge is 2.33. The van der Waals surface area contributed by atoms with Gasteiger partial charge in [0.05, 0.1) is 0 Å². The number of rotatable bonds is 11. The van der Waals surface area contributed by atoms with Crippen LogP contribution >= 0.6 is 0 Å². The van der Waals surface area contributed by atoms with E-state index in [0.29, 0.717) is 16.9 Å². The number of benzene rings is 6. The summed E-state index contributed by atoms with van der Waals surface area (Å²) in [5.41, 5.74) is 1.93. The average Bonchev–Trinajstić information content (AvgIpc) is 3.12. The fraction of sp³-hybridized carbons (Fsp3) is 0. The lowest BCUT2D eigenvalue weighted by molar-refractivity contribution is 0.261. The van der Waals surface area contributed by atoms with Crippen molar-refractivity contribution in [2.45, 2.75) is 9.79 Å². The Balaban J connectivity index is 1.28. The zero-order valence-electron chi connectivity index (χ0n) is 27.1.